The molecule has 0 atom stereocenters. The molecule has 0 heterocycles. The topological polar surface area (TPSA) is 26.0 Å². The van der Waals surface area contributed by atoms with Gasteiger partial charge in [0.05, 0.1) is 5.69 Å². The minimum absolute atomic E-state index is 0.188. The number of hydrogen-bond donors (Lipinski definition) is 2. The van der Waals surface area contributed by atoms with Crippen molar-refractivity contribution in [2.24, 2.45) is 0 Å². The summed E-state index contributed by atoms with van der Waals surface area (Å²) in [6.45, 7) is 1.74. The Morgan fingerprint density at radius 3 is 2.60 bits per heavy atom. The zero-order valence-electron chi connectivity index (χ0n) is 5.56. The Morgan fingerprint density at radius 1 is 1.50 bits per heavy atom. The van der Waals surface area contributed by atoms with Crippen LogP contribution < -0.4 is 5.73 Å². The molecular formula is C7H8FNS. The molecule has 0 aromatic heterocycles. The molecule has 0 fully saturated rings. The first-order valence-corrected chi connectivity index (χ1v) is 3.31. The summed E-state index contributed by atoms with van der Waals surface area (Å²) in [4.78, 5) is 0.721. The van der Waals surface area contributed by atoms with E-state index >= 15 is 0 Å². The van der Waals surface area contributed by atoms with E-state index in [0.29, 0.717) is 5.56 Å². The van der Waals surface area contributed by atoms with Crippen molar-refractivity contribution in [1.82, 2.24) is 0 Å². The number of anilines is 1. The molecule has 3 heteroatoms. The van der Waals surface area contributed by atoms with Crippen LogP contribution in [0.2, 0.25) is 0 Å². The maximum Gasteiger partial charge on any atom is 0.146 e. The Kier molecular flexibility index (Phi) is 1.85. The summed E-state index contributed by atoms with van der Waals surface area (Å²) in [6.07, 6.45) is 0. The van der Waals surface area contributed by atoms with Crippen LogP contribution in [-0.4, -0.2) is 0 Å². The molecule has 0 radical (unpaired) electrons. The predicted octanol–water partition coefficient (Wildman–Crippen LogP) is 2.01. The van der Waals surface area contributed by atoms with Crippen LogP contribution in [0.15, 0.2) is 17.0 Å². The van der Waals surface area contributed by atoms with Gasteiger partial charge in [-0.2, -0.15) is 0 Å². The molecule has 1 rings (SSSR count). The number of rotatable bonds is 0. The Bertz CT molecular complexity index is 233. The van der Waals surface area contributed by atoms with Crippen molar-refractivity contribution >= 4 is 18.3 Å². The average Bonchev–Trinajstić information content (AvgIpc) is 1.93. The summed E-state index contributed by atoms with van der Waals surface area (Å²) in [5, 5.41) is 0. The van der Waals surface area contributed by atoms with E-state index in [2.05, 4.69) is 12.6 Å². The van der Waals surface area contributed by atoms with Gasteiger partial charge in [0.2, 0.25) is 0 Å². The molecule has 0 aliphatic heterocycles. The molecule has 54 valence electrons. The average molecular weight is 157 g/mol. The third kappa shape index (κ3) is 1.09. The normalized spacial score (nSPS) is 9.90. The molecule has 0 aliphatic carbocycles. The molecule has 0 saturated heterocycles. The lowest BCUT2D eigenvalue weighted by molar-refractivity contribution is 0.630. The highest BCUT2D eigenvalue weighted by molar-refractivity contribution is 7.80. The van der Waals surface area contributed by atoms with Crippen molar-refractivity contribution < 1.29 is 4.39 Å². The number of hydrogen-bond acceptors (Lipinski definition) is 2. The molecule has 1 aromatic carbocycles. The van der Waals surface area contributed by atoms with Crippen molar-refractivity contribution in [2.45, 2.75) is 11.8 Å². The lowest BCUT2D eigenvalue weighted by Crippen LogP contribution is -1.94. The van der Waals surface area contributed by atoms with Crippen LogP contribution in [-0.2, 0) is 0 Å². The Balaban J connectivity index is 3.34. The van der Waals surface area contributed by atoms with Gasteiger partial charge in [-0.1, -0.05) is 0 Å². The summed E-state index contributed by atoms with van der Waals surface area (Å²) in [5.41, 5.74) is 6.24. The molecule has 0 amide bonds. The molecule has 1 nitrogen and oxygen atoms in total. The van der Waals surface area contributed by atoms with Crippen molar-refractivity contribution in [2.75, 3.05) is 5.73 Å². The highest BCUT2D eigenvalue weighted by atomic mass is 32.1. The fourth-order valence-electron chi connectivity index (χ4n) is 0.684. The van der Waals surface area contributed by atoms with Gasteiger partial charge >= 0.3 is 0 Å². The van der Waals surface area contributed by atoms with Gasteiger partial charge < -0.3 is 5.73 Å². The second-order valence-electron chi connectivity index (χ2n) is 2.11. The Hall–Kier alpha value is -0.700. The van der Waals surface area contributed by atoms with E-state index in [1.165, 1.54) is 6.07 Å². The first-order valence-electron chi connectivity index (χ1n) is 2.86. The summed E-state index contributed by atoms with van der Waals surface area (Å²) >= 11 is 4.07. The summed E-state index contributed by atoms with van der Waals surface area (Å²) in [7, 11) is 0. The maximum absolute atomic E-state index is 12.6. The number of halogens is 1. The standard InChI is InChI=1S/C7H8FNS/c1-4-6(10)3-2-5(8)7(4)9/h2-3,10H,9H2,1H3. The molecule has 1 aromatic rings. The van der Waals surface area contributed by atoms with Gasteiger partial charge in [-0.3, -0.25) is 0 Å². The van der Waals surface area contributed by atoms with E-state index in [4.69, 9.17) is 5.73 Å². The van der Waals surface area contributed by atoms with E-state index in [0.717, 1.165) is 4.90 Å². The zero-order chi connectivity index (χ0) is 7.72. The third-order valence-electron chi connectivity index (χ3n) is 1.43. The fourth-order valence-corrected chi connectivity index (χ4v) is 0.879. The van der Waals surface area contributed by atoms with Gasteiger partial charge in [0.25, 0.3) is 0 Å². The van der Waals surface area contributed by atoms with Crippen molar-refractivity contribution in [3.8, 4) is 0 Å². The largest absolute Gasteiger partial charge is 0.396 e. The quantitative estimate of drug-likeness (QED) is 0.437. The maximum atomic E-state index is 12.6. The monoisotopic (exact) mass is 157 g/mol. The van der Waals surface area contributed by atoms with Crippen LogP contribution in [0, 0.1) is 12.7 Å². The number of nitrogens with two attached hydrogens (primary N) is 1. The molecule has 0 aliphatic rings. The van der Waals surface area contributed by atoms with E-state index in [1.54, 1.807) is 13.0 Å². The molecule has 10 heavy (non-hydrogen) atoms. The van der Waals surface area contributed by atoms with Crippen LogP contribution in [0.1, 0.15) is 5.56 Å². The first-order chi connectivity index (χ1) is 4.63. The third-order valence-corrected chi connectivity index (χ3v) is 1.92. The predicted molar refractivity (Wildman–Crippen MR) is 42.8 cm³/mol. The molecule has 0 bridgehead atoms. The summed E-state index contributed by atoms with van der Waals surface area (Å²) in [5.74, 6) is -0.379. The van der Waals surface area contributed by atoms with Crippen molar-refractivity contribution in [1.29, 1.82) is 0 Å². The molecular weight excluding hydrogens is 149 g/mol. The summed E-state index contributed by atoms with van der Waals surface area (Å²) in [6, 6.07) is 2.90. The van der Waals surface area contributed by atoms with Gasteiger partial charge in [-0.05, 0) is 24.6 Å². The lowest BCUT2D eigenvalue weighted by Gasteiger charge is -2.02. The van der Waals surface area contributed by atoms with E-state index in [9.17, 15) is 4.39 Å². The minimum atomic E-state index is -0.379. The van der Waals surface area contributed by atoms with Gasteiger partial charge in [0, 0.05) is 4.90 Å². The SMILES string of the molecule is Cc1c(S)ccc(F)c1N. The van der Waals surface area contributed by atoms with Gasteiger partial charge in [-0.15, -0.1) is 12.6 Å². The number of thiol groups is 1. The van der Waals surface area contributed by atoms with Crippen LogP contribution >= 0.6 is 12.6 Å². The highest BCUT2D eigenvalue weighted by Gasteiger charge is 2.02. The molecule has 0 unspecified atom stereocenters. The van der Waals surface area contributed by atoms with Crippen LogP contribution in [0.4, 0.5) is 10.1 Å². The number of nitrogen functional groups attached to an aromatic ring is 1. The molecule has 0 spiro atoms. The first kappa shape index (κ1) is 7.41. The minimum Gasteiger partial charge on any atom is -0.396 e. The lowest BCUT2D eigenvalue weighted by atomic mass is 10.2. The van der Waals surface area contributed by atoms with E-state index in [-0.39, 0.29) is 11.5 Å². The second kappa shape index (κ2) is 2.50. The van der Waals surface area contributed by atoms with Crippen LogP contribution in [0.25, 0.3) is 0 Å². The van der Waals surface area contributed by atoms with Crippen LogP contribution in [0.5, 0.6) is 0 Å². The zero-order valence-corrected chi connectivity index (χ0v) is 6.45. The van der Waals surface area contributed by atoms with Crippen molar-refractivity contribution in [3.63, 3.8) is 0 Å². The molecule has 2 N–H and O–H groups in total. The second-order valence-corrected chi connectivity index (χ2v) is 2.59. The van der Waals surface area contributed by atoms with Gasteiger partial charge in [-0.25, -0.2) is 4.39 Å². The van der Waals surface area contributed by atoms with E-state index < -0.39 is 0 Å². The van der Waals surface area contributed by atoms with E-state index in [1.807, 2.05) is 0 Å². The fraction of sp³-hybridized carbons (Fsp3) is 0.143. The van der Waals surface area contributed by atoms with Crippen LogP contribution in [0.3, 0.4) is 0 Å². The van der Waals surface area contributed by atoms with Gasteiger partial charge in [0.15, 0.2) is 0 Å². The molecule has 0 saturated carbocycles. The van der Waals surface area contributed by atoms with Crippen molar-refractivity contribution in [3.05, 3.63) is 23.5 Å². The number of benzene rings is 1. The Labute approximate surface area is 64.5 Å². The summed E-state index contributed by atoms with van der Waals surface area (Å²) < 4.78 is 12.6. The van der Waals surface area contributed by atoms with Gasteiger partial charge in [0.1, 0.15) is 5.82 Å². The highest BCUT2D eigenvalue weighted by Crippen LogP contribution is 2.21. The Morgan fingerprint density at radius 2 is 2.10 bits per heavy atom. The smallest absolute Gasteiger partial charge is 0.146 e.